The fourth-order valence-electron chi connectivity index (χ4n) is 4.88. The van der Waals surface area contributed by atoms with E-state index in [0.29, 0.717) is 25.4 Å². The molecule has 2 N–H and O–H groups in total. The van der Waals surface area contributed by atoms with Gasteiger partial charge in [-0.15, -0.1) is 0 Å². The van der Waals surface area contributed by atoms with E-state index in [9.17, 15) is 14.4 Å². The lowest BCUT2D eigenvalue weighted by atomic mass is 9.93. The second kappa shape index (κ2) is 12.4. The van der Waals surface area contributed by atoms with E-state index in [1.807, 2.05) is 31.2 Å². The molecule has 35 heavy (non-hydrogen) atoms. The molecule has 1 atom stereocenters. The second-order valence-electron chi connectivity index (χ2n) is 9.62. The third-order valence-electron chi connectivity index (χ3n) is 6.32. The highest BCUT2D eigenvalue weighted by Gasteiger charge is 2.29. The van der Waals surface area contributed by atoms with Gasteiger partial charge in [0.15, 0.2) is 0 Å². The summed E-state index contributed by atoms with van der Waals surface area (Å²) in [6.07, 6.45) is 1.10. The molecule has 0 heterocycles. The Labute approximate surface area is 207 Å². The molecule has 2 amide bonds. The van der Waals surface area contributed by atoms with Crippen LogP contribution < -0.4 is 5.32 Å². The summed E-state index contributed by atoms with van der Waals surface area (Å²) in [4.78, 5) is 37.8. The van der Waals surface area contributed by atoms with Gasteiger partial charge in [-0.25, -0.2) is 4.79 Å². The van der Waals surface area contributed by atoms with Crippen molar-refractivity contribution < 1.29 is 24.2 Å². The van der Waals surface area contributed by atoms with Gasteiger partial charge >= 0.3 is 12.1 Å². The van der Waals surface area contributed by atoms with Gasteiger partial charge in [0.05, 0.1) is 0 Å². The average molecular weight is 481 g/mol. The van der Waals surface area contributed by atoms with E-state index in [1.54, 1.807) is 0 Å². The lowest BCUT2D eigenvalue weighted by Crippen LogP contribution is -2.39. The third-order valence-corrected chi connectivity index (χ3v) is 6.32. The lowest BCUT2D eigenvalue weighted by molar-refractivity contribution is -0.144. The Morgan fingerprint density at radius 2 is 1.63 bits per heavy atom. The lowest BCUT2D eigenvalue weighted by Gasteiger charge is -2.24. The van der Waals surface area contributed by atoms with Crippen LogP contribution in [-0.4, -0.2) is 54.2 Å². The zero-order chi connectivity index (χ0) is 25.4. The zero-order valence-corrected chi connectivity index (χ0v) is 20.8. The van der Waals surface area contributed by atoms with Gasteiger partial charge in [0, 0.05) is 25.4 Å². The molecule has 188 valence electrons. The van der Waals surface area contributed by atoms with Gasteiger partial charge in [0.25, 0.3) is 0 Å². The Hall–Kier alpha value is -3.35. The van der Waals surface area contributed by atoms with E-state index >= 15 is 0 Å². The van der Waals surface area contributed by atoms with Crippen molar-refractivity contribution in [1.82, 2.24) is 10.2 Å². The van der Waals surface area contributed by atoms with Crippen molar-refractivity contribution in [2.45, 2.75) is 46.0 Å². The van der Waals surface area contributed by atoms with Crippen LogP contribution in [-0.2, 0) is 14.3 Å². The molecule has 1 aliphatic carbocycles. The smallest absolute Gasteiger partial charge is 0.407 e. The molecule has 3 rings (SSSR count). The molecule has 0 bridgehead atoms. The number of rotatable bonds is 12. The predicted octanol–water partition coefficient (Wildman–Crippen LogP) is 4.90. The minimum absolute atomic E-state index is 0.0141. The van der Waals surface area contributed by atoms with Crippen LogP contribution >= 0.6 is 0 Å². The monoisotopic (exact) mass is 480 g/mol. The quantitative estimate of drug-likeness (QED) is 0.450. The number of ether oxygens (including phenoxy) is 1. The molecule has 2 aromatic carbocycles. The molecule has 7 heteroatoms. The van der Waals surface area contributed by atoms with E-state index in [0.717, 1.165) is 17.5 Å². The number of benzene rings is 2. The summed E-state index contributed by atoms with van der Waals surface area (Å²) < 4.78 is 5.62. The van der Waals surface area contributed by atoms with Gasteiger partial charge in [0.2, 0.25) is 5.91 Å². The van der Waals surface area contributed by atoms with Crippen LogP contribution in [0.25, 0.3) is 11.1 Å². The van der Waals surface area contributed by atoms with Crippen molar-refractivity contribution in [3.8, 4) is 11.1 Å². The molecule has 1 unspecified atom stereocenters. The summed E-state index contributed by atoms with van der Waals surface area (Å²) in [5, 5.41) is 11.9. The van der Waals surface area contributed by atoms with Gasteiger partial charge in [0.1, 0.15) is 13.2 Å². The predicted molar refractivity (Wildman–Crippen MR) is 135 cm³/mol. The van der Waals surface area contributed by atoms with E-state index in [-0.39, 0.29) is 37.3 Å². The highest BCUT2D eigenvalue weighted by molar-refractivity contribution is 5.81. The van der Waals surface area contributed by atoms with Crippen molar-refractivity contribution in [3.63, 3.8) is 0 Å². The molecule has 0 spiro atoms. The van der Waals surface area contributed by atoms with Crippen LogP contribution in [0.15, 0.2) is 48.5 Å². The number of aliphatic carboxylic acids is 1. The number of carboxylic acids is 1. The SMILES string of the molecule is CCCN(CC(=O)O)C(=O)CC(CNC(=O)OCC1c2ccccc2-c2ccccc21)CC(C)C. The summed E-state index contributed by atoms with van der Waals surface area (Å²) in [6, 6.07) is 16.4. The molecule has 2 aromatic rings. The molecule has 0 saturated carbocycles. The van der Waals surface area contributed by atoms with Gasteiger partial charge in [-0.2, -0.15) is 0 Å². The van der Waals surface area contributed by atoms with E-state index in [4.69, 9.17) is 9.84 Å². The minimum Gasteiger partial charge on any atom is -0.480 e. The number of nitrogens with zero attached hydrogens (tertiary/aromatic N) is 1. The maximum Gasteiger partial charge on any atom is 0.407 e. The Kier molecular flexibility index (Phi) is 9.29. The standard InChI is InChI=1S/C28H36N2O5/c1-4-13-30(17-27(32)33)26(31)15-20(14-19(2)3)16-29-28(34)35-18-25-23-11-7-5-9-21(23)22-10-6-8-12-24(22)25/h5-12,19-20,25H,4,13-18H2,1-3H3,(H,29,34)(H,32,33). The molecule has 0 saturated heterocycles. The number of carbonyl (C=O) groups is 3. The highest BCUT2D eigenvalue weighted by Crippen LogP contribution is 2.44. The fourth-order valence-corrected chi connectivity index (χ4v) is 4.88. The Morgan fingerprint density at radius 3 is 2.17 bits per heavy atom. The van der Waals surface area contributed by atoms with Crippen molar-refractivity contribution in [3.05, 3.63) is 59.7 Å². The zero-order valence-electron chi connectivity index (χ0n) is 20.8. The molecule has 7 nitrogen and oxygen atoms in total. The van der Waals surface area contributed by atoms with Crippen LogP contribution in [0.1, 0.15) is 57.1 Å². The number of nitrogens with one attached hydrogen (secondary N) is 1. The number of fused-ring (bicyclic) bond motifs is 3. The highest BCUT2D eigenvalue weighted by atomic mass is 16.5. The van der Waals surface area contributed by atoms with Crippen LogP contribution in [0.4, 0.5) is 4.79 Å². The first-order valence-corrected chi connectivity index (χ1v) is 12.4. The van der Waals surface area contributed by atoms with Crippen molar-refractivity contribution in [2.75, 3.05) is 26.2 Å². The van der Waals surface area contributed by atoms with Crippen molar-refractivity contribution in [2.24, 2.45) is 11.8 Å². The summed E-state index contributed by atoms with van der Waals surface area (Å²) in [5.41, 5.74) is 4.65. The molecule has 1 aliphatic rings. The number of hydrogen-bond acceptors (Lipinski definition) is 4. The number of alkyl carbamates (subject to hydrolysis) is 1. The number of amides is 2. The Balaban J connectivity index is 1.57. The molecule has 0 fully saturated rings. The van der Waals surface area contributed by atoms with Crippen LogP contribution in [0.5, 0.6) is 0 Å². The second-order valence-corrected chi connectivity index (χ2v) is 9.62. The first-order valence-electron chi connectivity index (χ1n) is 12.4. The Bertz CT molecular complexity index is 990. The summed E-state index contributed by atoms with van der Waals surface area (Å²) in [7, 11) is 0. The molecule has 0 radical (unpaired) electrons. The van der Waals surface area contributed by atoms with Gasteiger partial charge in [-0.05, 0) is 46.9 Å². The summed E-state index contributed by atoms with van der Waals surface area (Å²) >= 11 is 0. The normalized spacial score (nSPS) is 13.1. The minimum atomic E-state index is -1.02. The van der Waals surface area contributed by atoms with Crippen LogP contribution in [0, 0.1) is 11.8 Å². The first kappa shape index (κ1) is 26.3. The van der Waals surface area contributed by atoms with E-state index in [1.165, 1.54) is 16.0 Å². The Morgan fingerprint density at radius 1 is 1.03 bits per heavy atom. The van der Waals surface area contributed by atoms with Crippen molar-refractivity contribution >= 4 is 18.0 Å². The van der Waals surface area contributed by atoms with Crippen LogP contribution in [0.2, 0.25) is 0 Å². The number of carbonyl (C=O) groups excluding carboxylic acids is 2. The maximum absolute atomic E-state index is 12.8. The van der Waals surface area contributed by atoms with E-state index < -0.39 is 12.1 Å². The molecule has 0 aliphatic heterocycles. The largest absolute Gasteiger partial charge is 0.480 e. The average Bonchev–Trinajstić information content (AvgIpc) is 3.14. The fraction of sp³-hybridized carbons (Fsp3) is 0.464. The number of hydrogen-bond donors (Lipinski definition) is 2. The van der Waals surface area contributed by atoms with Gasteiger partial charge in [-0.1, -0.05) is 69.3 Å². The van der Waals surface area contributed by atoms with Gasteiger partial charge < -0.3 is 20.1 Å². The number of carboxylic acid groups (broad SMARTS) is 1. The van der Waals surface area contributed by atoms with Gasteiger partial charge in [-0.3, -0.25) is 9.59 Å². The molecular weight excluding hydrogens is 444 g/mol. The summed E-state index contributed by atoms with van der Waals surface area (Å²) in [5.74, 6) is -1.01. The first-order chi connectivity index (χ1) is 16.8. The van der Waals surface area contributed by atoms with E-state index in [2.05, 4.69) is 43.4 Å². The van der Waals surface area contributed by atoms with Crippen LogP contribution in [0.3, 0.4) is 0 Å². The maximum atomic E-state index is 12.8. The molecular formula is C28H36N2O5. The summed E-state index contributed by atoms with van der Waals surface area (Å²) in [6.45, 7) is 6.66. The van der Waals surface area contributed by atoms with Crippen molar-refractivity contribution in [1.29, 1.82) is 0 Å². The third kappa shape index (κ3) is 7.07. The topological polar surface area (TPSA) is 95.9 Å². The molecule has 0 aromatic heterocycles.